The lowest BCUT2D eigenvalue weighted by Crippen LogP contribution is -2.36. The Kier molecular flexibility index (Phi) is 7.31. The van der Waals surface area contributed by atoms with Gasteiger partial charge in [-0.3, -0.25) is 4.79 Å². The minimum Gasteiger partial charge on any atom is -0.495 e. The van der Waals surface area contributed by atoms with Crippen LogP contribution in [0.5, 0.6) is 5.75 Å². The standard InChI is InChI=1S/C27H30F3N3O3/c1-17-8-9-23(35-4)22(14-17)31-26(34)25-18(2)24(32-10-12-36-13-11-32)19(3)33(25)16-20-6-5-7-21(15-20)27(28,29)30/h5-9,14-15H,10-13,16H2,1-4H3,(H,31,34). The lowest BCUT2D eigenvalue weighted by atomic mass is 10.1. The van der Waals surface area contributed by atoms with Crippen LogP contribution in [-0.4, -0.2) is 43.9 Å². The van der Waals surface area contributed by atoms with Crippen LogP contribution in [0.25, 0.3) is 0 Å². The number of anilines is 2. The number of aromatic nitrogens is 1. The van der Waals surface area contributed by atoms with Gasteiger partial charge >= 0.3 is 6.18 Å². The van der Waals surface area contributed by atoms with E-state index >= 15 is 0 Å². The van der Waals surface area contributed by atoms with Crippen molar-refractivity contribution in [3.05, 3.63) is 76.1 Å². The smallest absolute Gasteiger partial charge is 0.416 e. The lowest BCUT2D eigenvalue weighted by Gasteiger charge is -2.29. The van der Waals surface area contributed by atoms with E-state index in [1.165, 1.54) is 13.2 Å². The minimum absolute atomic E-state index is 0.120. The average molecular weight is 502 g/mol. The quantitative estimate of drug-likeness (QED) is 0.479. The topological polar surface area (TPSA) is 55.7 Å². The van der Waals surface area contributed by atoms with Crippen LogP contribution in [-0.2, 0) is 17.5 Å². The van der Waals surface area contributed by atoms with E-state index in [1.807, 2.05) is 32.9 Å². The van der Waals surface area contributed by atoms with Crippen LogP contribution in [0.15, 0.2) is 42.5 Å². The number of halogens is 3. The first-order chi connectivity index (χ1) is 17.1. The number of morpholine rings is 1. The molecule has 1 N–H and O–H groups in total. The highest BCUT2D eigenvalue weighted by molar-refractivity contribution is 6.06. The van der Waals surface area contributed by atoms with Crippen molar-refractivity contribution >= 4 is 17.3 Å². The zero-order valence-electron chi connectivity index (χ0n) is 20.8. The molecule has 0 unspecified atom stereocenters. The first kappa shape index (κ1) is 25.6. The van der Waals surface area contributed by atoms with Crippen molar-refractivity contribution in [3.63, 3.8) is 0 Å². The minimum atomic E-state index is -4.45. The average Bonchev–Trinajstić information content (AvgIpc) is 3.08. The first-order valence-corrected chi connectivity index (χ1v) is 11.7. The van der Waals surface area contributed by atoms with Gasteiger partial charge in [-0.25, -0.2) is 0 Å². The summed E-state index contributed by atoms with van der Waals surface area (Å²) in [6.45, 7) is 8.29. The highest BCUT2D eigenvalue weighted by atomic mass is 19.4. The molecule has 36 heavy (non-hydrogen) atoms. The fourth-order valence-corrected chi connectivity index (χ4v) is 4.75. The number of aryl methyl sites for hydroxylation is 1. The Morgan fingerprint density at radius 3 is 2.47 bits per heavy atom. The van der Waals surface area contributed by atoms with Gasteiger partial charge in [0.05, 0.1) is 37.3 Å². The molecule has 3 aromatic rings. The van der Waals surface area contributed by atoms with Crippen molar-refractivity contribution in [2.45, 2.75) is 33.5 Å². The molecule has 2 heterocycles. The van der Waals surface area contributed by atoms with Crippen molar-refractivity contribution in [1.29, 1.82) is 0 Å². The van der Waals surface area contributed by atoms with Gasteiger partial charge in [0.25, 0.3) is 5.91 Å². The van der Waals surface area contributed by atoms with Crippen LogP contribution in [0, 0.1) is 20.8 Å². The van der Waals surface area contributed by atoms with Gasteiger partial charge in [0, 0.05) is 30.9 Å². The molecule has 9 heteroatoms. The van der Waals surface area contributed by atoms with Crippen molar-refractivity contribution in [2.75, 3.05) is 43.6 Å². The molecule has 1 aliphatic heterocycles. The summed E-state index contributed by atoms with van der Waals surface area (Å²) >= 11 is 0. The number of rotatable bonds is 6. The number of alkyl halides is 3. The Balaban J connectivity index is 1.78. The van der Waals surface area contributed by atoms with Crippen LogP contribution >= 0.6 is 0 Å². The molecule has 0 aliphatic carbocycles. The van der Waals surface area contributed by atoms with Gasteiger partial charge in [-0.2, -0.15) is 13.2 Å². The van der Waals surface area contributed by atoms with Crippen LogP contribution in [0.3, 0.4) is 0 Å². The summed E-state index contributed by atoms with van der Waals surface area (Å²) in [5, 5.41) is 2.96. The third kappa shape index (κ3) is 5.21. The van der Waals surface area contributed by atoms with Gasteiger partial charge in [-0.1, -0.05) is 18.2 Å². The number of hydrogen-bond donors (Lipinski definition) is 1. The normalized spacial score (nSPS) is 14.1. The number of hydrogen-bond acceptors (Lipinski definition) is 4. The largest absolute Gasteiger partial charge is 0.495 e. The Morgan fingerprint density at radius 1 is 1.08 bits per heavy atom. The van der Waals surface area contributed by atoms with Gasteiger partial charge in [-0.15, -0.1) is 0 Å². The molecular formula is C27H30F3N3O3. The number of amides is 1. The highest BCUT2D eigenvalue weighted by Gasteiger charge is 2.31. The van der Waals surface area contributed by atoms with E-state index in [9.17, 15) is 18.0 Å². The molecule has 0 radical (unpaired) electrons. The van der Waals surface area contributed by atoms with Gasteiger partial charge in [-0.05, 0) is 56.2 Å². The summed E-state index contributed by atoms with van der Waals surface area (Å²) in [6.07, 6.45) is -4.45. The summed E-state index contributed by atoms with van der Waals surface area (Å²) < 4.78 is 52.8. The van der Waals surface area contributed by atoms with Gasteiger partial charge in [0.15, 0.2) is 0 Å². The number of ether oxygens (including phenoxy) is 2. The van der Waals surface area contributed by atoms with Crippen LogP contribution in [0.2, 0.25) is 0 Å². The van der Waals surface area contributed by atoms with E-state index in [-0.39, 0.29) is 12.5 Å². The molecule has 1 aliphatic rings. The summed E-state index contributed by atoms with van der Waals surface area (Å²) in [6, 6.07) is 10.7. The second kappa shape index (κ2) is 10.3. The first-order valence-electron chi connectivity index (χ1n) is 11.7. The molecule has 0 saturated carbocycles. The van der Waals surface area contributed by atoms with Gasteiger partial charge in [0.2, 0.25) is 0 Å². The van der Waals surface area contributed by atoms with Crippen molar-refractivity contribution in [3.8, 4) is 5.75 Å². The summed E-state index contributed by atoms with van der Waals surface area (Å²) in [5.41, 5.74) is 4.11. The third-order valence-electron chi connectivity index (χ3n) is 6.47. The van der Waals surface area contributed by atoms with Crippen LogP contribution in [0.1, 0.15) is 38.4 Å². The lowest BCUT2D eigenvalue weighted by molar-refractivity contribution is -0.137. The third-order valence-corrected chi connectivity index (χ3v) is 6.47. The van der Waals surface area contributed by atoms with Crippen molar-refractivity contribution in [1.82, 2.24) is 4.57 Å². The van der Waals surface area contributed by atoms with E-state index in [2.05, 4.69) is 10.2 Å². The Bertz CT molecular complexity index is 1260. The predicted molar refractivity (Wildman–Crippen MR) is 133 cm³/mol. The fourth-order valence-electron chi connectivity index (χ4n) is 4.75. The van der Waals surface area contributed by atoms with Crippen molar-refractivity contribution in [2.24, 2.45) is 0 Å². The molecule has 192 valence electrons. The van der Waals surface area contributed by atoms with E-state index < -0.39 is 11.7 Å². The number of carbonyl (C=O) groups is 1. The molecule has 4 rings (SSSR count). The number of nitrogens with zero attached hydrogens (tertiary/aromatic N) is 2. The maximum absolute atomic E-state index is 13.7. The summed E-state index contributed by atoms with van der Waals surface area (Å²) in [4.78, 5) is 15.9. The maximum Gasteiger partial charge on any atom is 0.416 e. The zero-order valence-corrected chi connectivity index (χ0v) is 20.8. The molecular weight excluding hydrogens is 471 g/mol. The van der Waals surface area contributed by atoms with Crippen LogP contribution < -0.4 is 15.0 Å². The highest BCUT2D eigenvalue weighted by Crippen LogP contribution is 2.35. The Morgan fingerprint density at radius 2 is 1.81 bits per heavy atom. The molecule has 1 aromatic heterocycles. The second-order valence-electron chi connectivity index (χ2n) is 8.95. The molecule has 1 fully saturated rings. The zero-order chi connectivity index (χ0) is 26.0. The molecule has 0 atom stereocenters. The number of carbonyl (C=O) groups excluding carboxylic acids is 1. The molecule has 0 bridgehead atoms. The number of nitrogens with one attached hydrogen (secondary N) is 1. The Labute approximate surface area is 208 Å². The van der Waals surface area contributed by atoms with E-state index in [0.29, 0.717) is 49.0 Å². The molecule has 1 amide bonds. The van der Waals surface area contributed by atoms with E-state index in [4.69, 9.17) is 9.47 Å². The van der Waals surface area contributed by atoms with E-state index in [0.717, 1.165) is 34.6 Å². The number of methoxy groups -OCH3 is 1. The second-order valence-corrected chi connectivity index (χ2v) is 8.95. The van der Waals surface area contributed by atoms with Crippen molar-refractivity contribution < 1.29 is 27.4 Å². The monoisotopic (exact) mass is 501 g/mol. The fraction of sp³-hybridized carbons (Fsp3) is 0.370. The van der Waals surface area contributed by atoms with E-state index in [1.54, 1.807) is 16.7 Å². The van der Waals surface area contributed by atoms with Gasteiger partial charge in [0.1, 0.15) is 11.4 Å². The summed E-state index contributed by atoms with van der Waals surface area (Å²) in [7, 11) is 1.53. The van der Waals surface area contributed by atoms with Gasteiger partial charge < -0.3 is 24.3 Å². The molecule has 2 aromatic carbocycles. The molecule has 1 saturated heterocycles. The van der Waals surface area contributed by atoms with Crippen LogP contribution in [0.4, 0.5) is 24.5 Å². The molecule has 0 spiro atoms. The predicted octanol–water partition coefficient (Wildman–Crippen LogP) is 5.58. The number of benzene rings is 2. The summed E-state index contributed by atoms with van der Waals surface area (Å²) in [5.74, 6) is 0.165. The molecule has 6 nitrogen and oxygen atoms in total. The maximum atomic E-state index is 13.7. The Hall–Kier alpha value is -3.46. The SMILES string of the molecule is COc1ccc(C)cc1NC(=O)c1c(C)c(N2CCOCC2)c(C)n1Cc1cccc(C(F)(F)F)c1.